The average molecular weight is 520 g/mol. The molecular formula is C30H30FNO6. The highest BCUT2D eigenvalue weighted by Gasteiger charge is 2.46. The van der Waals surface area contributed by atoms with Crippen LogP contribution in [0.5, 0.6) is 17.2 Å². The SMILES string of the molecule is CCOc1cc(C2/C(=C(/O)c3cccc(OC(C)C)c3)C(=O)C(=O)N2CCc2ccc(F)cc2)ccc1O. The second-order valence-electron chi connectivity index (χ2n) is 9.22. The number of hydrogen-bond donors (Lipinski definition) is 2. The standard InChI is InChI=1S/C30H30FNO6/c1-4-37-25-17-20(10-13-24(25)33)27-26(28(34)21-6-5-7-23(16-21)38-18(2)3)29(35)30(36)32(27)15-14-19-8-11-22(31)12-9-19/h5-13,16-18,27,33-34H,4,14-15H2,1-3H3/b28-26-. The van der Waals surface area contributed by atoms with Gasteiger partial charge < -0.3 is 24.6 Å². The van der Waals surface area contributed by atoms with E-state index >= 15 is 0 Å². The summed E-state index contributed by atoms with van der Waals surface area (Å²) in [6.07, 6.45) is 0.260. The number of halogens is 1. The third kappa shape index (κ3) is 5.64. The zero-order valence-corrected chi connectivity index (χ0v) is 21.5. The first-order valence-corrected chi connectivity index (χ1v) is 12.4. The van der Waals surface area contributed by atoms with Gasteiger partial charge in [-0.25, -0.2) is 4.39 Å². The topological polar surface area (TPSA) is 96.3 Å². The lowest BCUT2D eigenvalue weighted by atomic mass is 9.94. The van der Waals surface area contributed by atoms with E-state index in [2.05, 4.69) is 0 Å². The molecule has 0 saturated carbocycles. The van der Waals surface area contributed by atoms with Crippen LogP contribution in [0.2, 0.25) is 0 Å². The summed E-state index contributed by atoms with van der Waals surface area (Å²) in [5.74, 6) is -1.68. The van der Waals surface area contributed by atoms with Gasteiger partial charge in [0.05, 0.1) is 24.3 Å². The van der Waals surface area contributed by atoms with Crippen molar-refractivity contribution < 1.29 is 33.7 Å². The van der Waals surface area contributed by atoms with Crippen molar-refractivity contribution in [1.29, 1.82) is 0 Å². The molecule has 1 fully saturated rings. The number of benzene rings is 3. The monoisotopic (exact) mass is 519 g/mol. The number of hydrogen-bond acceptors (Lipinski definition) is 6. The third-order valence-electron chi connectivity index (χ3n) is 6.17. The first-order chi connectivity index (χ1) is 18.2. The van der Waals surface area contributed by atoms with Crippen molar-refractivity contribution in [3.05, 3.63) is 94.8 Å². The second-order valence-corrected chi connectivity index (χ2v) is 9.22. The minimum atomic E-state index is -0.940. The van der Waals surface area contributed by atoms with Crippen molar-refractivity contribution in [2.75, 3.05) is 13.2 Å². The first kappa shape index (κ1) is 26.7. The van der Waals surface area contributed by atoms with Gasteiger partial charge in [0.15, 0.2) is 11.5 Å². The highest BCUT2D eigenvalue weighted by Crippen LogP contribution is 2.42. The maximum absolute atomic E-state index is 13.4. The summed E-state index contributed by atoms with van der Waals surface area (Å²) in [5.41, 5.74) is 1.52. The molecule has 0 aliphatic carbocycles. The molecule has 1 saturated heterocycles. The van der Waals surface area contributed by atoms with Gasteiger partial charge in [0.2, 0.25) is 0 Å². The highest BCUT2D eigenvalue weighted by molar-refractivity contribution is 6.46. The molecule has 4 rings (SSSR count). The summed E-state index contributed by atoms with van der Waals surface area (Å²) in [5, 5.41) is 21.6. The molecule has 1 aliphatic rings. The van der Waals surface area contributed by atoms with Crippen LogP contribution in [0.4, 0.5) is 4.39 Å². The lowest BCUT2D eigenvalue weighted by Crippen LogP contribution is -2.31. The van der Waals surface area contributed by atoms with E-state index in [0.29, 0.717) is 29.9 Å². The van der Waals surface area contributed by atoms with E-state index < -0.39 is 17.7 Å². The van der Waals surface area contributed by atoms with Crippen LogP contribution < -0.4 is 9.47 Å². The van der Waals surface area contributed by atoms with E-state index in [-0.39, 0.29) is 41.3 Å². The largest absolute Gasteiger partial charge is 0.507 e. The molecule has 0 spiro atoms. The highest BCUT2D eigenvalue weighted by atomic mass is 19.1. The Morgan fingerprint density at radius 2 is 1.79 bits per heavy atom. The van der Waals surface area contributed by atoms with Crippen molar-refractivity contribution in [3.63, 3.8) is 0 Å². The van der Waals surface area contributed by atoms with Gasteiger partial charge in [-0.05, 0) is 74.7 Å². The smallest absolute Gasteiger partial charge is 0.295 e. The Balaban J connectivity index is 1.80. The fraction of sp³-hybridized carbons (Fsp3) is 0.267. The molecule has 8 heteroatoms. The number of likely N-dealkylation sites (tertiary alicyclic amines) is 1. The van der Waals surface area contributed by atoms with E-state index in [1.54, 1.807) is 55.5 Å². The molecular weight excluding hydrogens is 489 g/mol. The number of phenols is 1. The van der Waals surface area contributed by atoms with Crippen LogP contribution in [0.1, 0.15) is 43.5 Å². The van der Waals surface area contributed by atoms with E-state index in [0.717, 1.165) is 5.56 Å². The van der Waals surface area contributed by atoms with Gasteiger partial charge in [-0.3, -0.25) is 9.59 Å². The predicted octanol–water partition coefficient (Wildman–Crippen LogP) is 5.38. The van der Waals surface area contributed by atoms with Crippen LogP contribution in [0.25, 0.3) is 5.76 Å². The number of rotatable bonds is 9. The zero-order chi connectivity index (χ0) is 27.4. The molecule has 198 valence electrons. The van der Waals surface area contributed by atoms with Crippen molar-refractivity contribution >= 4 is 17.4 Å². The number of phenolic OH excluding ortho intramolecular Hbond substituents is 1. The molecule has 38 heavy (non-hydrogen) atoms. The van der Waals surface area contributed by atoms with Gasteiger partial charge in [0.25, 0.3) is 11.7 Å². The maximum Gasteiger partial charge on any atom is 0.295 e. The molecule has 1 atom stereocenters. The number of carbonyl (C=O) groups excluding carboxylic acids is 2. The van der Waals surface area contributed by atoms with Gasteiger partial charge in [-0.2, -0.15) is 0 Å². The van der Waals surface area contributed by atoms with Crippen LogP contribution in [-0.2, 0) is 16.0 Å². The molecule has 1 amide bonds. The van der Waals surface area contributed by atoms with Gasteiger partial charge >= 0.3 is 0 Å². The Hall–Kier alpha value is -4.33. The summed E-state index contributed by atoms with van der Waals surface area (Å²) in [4.78, 5) is 28.0. The van der Waals surface area contributed by atoms with E-state index in [1.807, 2.05) is 13.8 Å². The van der Waals surface area contributed by atoms with Crippen LogP contribution in [0.15, 0.2) is 72.3 Å². The molecule has 7 nitrogen and oxygen atoms in total. The molecule has 1 heterocycles. The van der Waals surface area contributed by atoms with Crippen LogP contribution in [0.3, 0.4) is 0 Å². The first-order valence-electron chi connectivity index (χ1n) is 12.4. The number of aromatic hydroxyl groups is 1. The predicted molar refractivity (Wildman–Crippen MR) is 141 cm³/mol. The van der Waals surface area contributed by atoms with Crippen LogP contribution >= 0.6 is 0 Å². The Kier molecular flexibility index (Phi) is 8.00. The van der Waals surface area contributed by atoms with E-state index in [9.17, 15) is 24.2 Å². The number of aliphatic hydroxyl groups is 1. The summed E-state index contributed by atoms with van der Waals surface area (Å²) in [6, 6.07) is 16.2. The lowest BCUT2D eigenvalue weighted by molar-refractivity contribution is -0.139. The molecule has 1 unspecified atom stereocenters. The summed E-state index contributed by atoms with van der Waals surface area (Å²) >= 11 is 0. The maximum atomic E-state index is 13.4. The second kappa shape index (κ2) is 11.4. The number of ketones is 1. The Morgan fingerprint density at radius 1 is 1.05 bits per heavy atom. The van der Waals surface area contributed by atoms with Gasteiger partial charge in [-0.15, -0.1) is 0 Å². The van der Waals surface area contributed by atoms with E-state index in [1.165, 1.54) is 23.1 Å². The van der Waals surface area contributed by atoms with Crippen molar-refractivity contribution in [1.82, 2.24) is 4.90 Å². The van der Waals surface area contributed by atoms with Crippen molar-refractivity contribution in [2.24, 2.45) is 0 Å². The molecule has 0 aromatic heterocycles. The number of amides is 1. The summed E-state index contributed by atoms with van der Waals surface area (Å²) < 4.78 is 24.6. The normalized spacial score (nSPS) is 16.8. The third-order valence-corrected chi connectivity index (χ3v) is 6.17. The zero-order valence-electron chi connectivity index (χ0n) is 21.5. The van der Waals surface area contributed by atoms with Crippen LogP contribution in [-0.4, -0.2) is 46.1 Å². The fourth-order valence-electron chi connectivity index (χ4n) is 4.47. The Labute approximate surface area is 220 Å². The number of aliphatic hydroxyl groups excluding tert-OH is 1. The van der Waals surface area contributed by atoms with Crippen molar-refractivity contribution in [3.8, 4) is 17.2 Å². The minimum Gasteiger partial charge on any atom is -0.507 e. The molecule has 0 bridgehead atoms. The van der Waals surface area contributed by atoms with Crippen LogP contribution in [0, 0.1) is 5.82 Å². The Bertz CT molecular complexity index is 1370. The quantitative estimate of drug-likeness (QED) is 0.224. The Morgan fingerprint density at radius 3 is 2.47 bits per heavy atom. The van der Waals surface area contributed by atoms with Gasteiger partial charge in [0.1, 0.15) is 17.3 Å². The number of nitrogens with zero attached hydrogens (tertiary/aromatic N) is 1. The van der Waals surface area contributed by atoms with Gasteiger partial charge in [-0.1, -0.05) is 30.3 Å². The lowest BCUT2D eigenvalue weighted by Gasteiger charge is -2.26. The molecule has 3 aromatic rings. The van der Waals surface area contributed by atoms with Gasteiger partial charge in [0, 0.05) is 12.1 Å². The van der Waals surface area contributed by atoms with Crippen molar-refractivity contribution in [2.45, 2.75) is 39.3 Å². The number of carbonyl (C=O) groups is 2. The number of Topliss-reactive ketones (excluding diaryl/α,β-unsaturated/α-hetero) is 1. The minimum absolute atomic E-state index is 0.0797. The van der Waals surface area contributed by atoms with E-state index in [4.69, 9.17) is 9.47 Å². The number of ether oxygens (including phenoxy) is 2. The molecule has 2 N–H and O–H groups in total. The molecule has 0 radical (unpaired) electrons. The average Bonchev–Trinajstić information content (AvgIpc) is 3.14. The molecule has 3 aromatic carbocycles. The summed E-state index contributed by atoms with van der Waals surface area (Å²) in [7, 11) is 0. The fourth-order valence-corrected chi connectivity index (χ4v) is 4.47. The molecule has 1 aliphatic heterocycles. The summed E-state index contributed by atoms with van der Waals surface area (Å²) in [6.45, 7) is 5.95.